The molecule has 0 aliphatic rings. The minimum absolute atomic E-state index is 0.601. The Labute approximate surface area is 113 Å². The van der Waals surface area contributed by atoms with Gasteiger partial charge in [0.05, 0.1) is 10.3 Å². The highest BCUT2D eigenvalue weighted by Gasteiger charge is 2.38. The number of hydrogen-bond donors (Lipinski definition) is 1. The first-order valence-corrected chi connectivity index (χ1v) is 7.93. The van der Waals surface area contributed by atoms with Crippen molar-refractivity contribution in [2.24, 2.45) is 5.73 Å². The Bertz CT molecular complexity index is 703. The van der Waals surface area contributed by atoms with Gasteiger partial charge in [0.15, 0.2) is 9.84 Å². The largest absolute Gasteiger partial charge is 0.323 e. The summed E-state index contributed by atoms with van der Waals surface area (Å²) >= 11 is 0. The van der Waals surface area contributed by atoms with E-state index in [1.54, 1.807) is 20.0 Å². The van der Waals surface area contributed by atoms with Gasteiger partial charge >= 0.3 is 0 Å². The Hall–Kier alpha value is -1.46. The standard InChI is InChI=1S/C14H18N2O2S/c1-14(2,19(3,17)18)13(15)11-6-4-8-12-10(11)7-5-9-16-12/h4-9,13H,15H2,1-3H3. The summed E-state index contributed by atoms with van der Waals surface area (Å²) in [6, 6.07) is 8.74. The molecule has 2 rings (SSSR count). The summed E-state index contributed by atoms with van der Waals surface area (Å²) in [7, 11) is -3.26. The molecule has 1 atom stereocenters. The Kier molecular flexibility index (Phi) is 3.36. The summed E-state index contributed by atoms with van der Waals surface area (Å²) in [5, 5.41) is 0.897. The van der Waals surface area contributed by atoms with E-state index in [1.807, 2.05) is 30.3 Å². The zero-order valence-corrected chi connectivity index (χ0v) is 12.1. The molecular weight excluding hydrogens is 260 g/mol. The van der Waals surface area contributed by atoms with Crippen molar-refractivity contribution < 1.29 is 8.42 Å². The van der Waals surface area contributed by atoms with E-state index in [0.717, 1.165) is 16.5 Å². The molecule has 0 spiro atoms. The third-order valence-corrected chi connectivity index (χ3v) is 5.88. The van der Waals surface area contributed by atoms with Crippen molar-refractivity contribution in [1.82, 2.24) is 4.98 Å². The molecule has 102 valence electrons. The molecule has 0 fully saturated rings. The third kappa shape index (κ3) is 2.35. The number of hydrogen-bond acceptors (Lipinski definition) is 4. The van der Waals surface area contributed by atoms with E-state index in [4.69, 9.17) is 5.73 Å². The van der Waals surface area contributed by atoms with Crippen LogP contribution >= 0.6 is 0 Å². The second-order valence-corrected chi connectivity index (χ2v) is 7.87. The van der Waals surface area contributed by atoms with Crippen molar-refractivity contribution in [3.05, 3.63) is 42.1 Å². The zero-order valence-electron chi connectivity index (χ0n) is 11.3. The maximum Gasteiger partial charge on any atom is 0.154 e. The number of aromatic nitrogens is 1. The number of benzene rings is 1. The molecule has 19 heavy (non-hydrogen) atoms. The number of pyridine rings is 1. The third-order valence-electron chi connectivity index (χ3n) is 3.72. The number of fused-ring (bicyclic) bond motifs is 1. The number of nitrogens with two attached hydrogens (primary N) is 1. The molecule has 1 unspecified atom stereocenters. The molecule has 0 aliphatic heterocycles. The lowest BCUT2D eigenvalue weighted by molar-refractivity contribution is 0.498. The lowest BCUT2D eigenvalue weighted by Crippen LogP contribution is -2.42. The molecule has 5 heteroatoms. The zero-order chi connectivity index (χ0) is 14.3. The van der Waals surface area contributed by atoms with Crippen LogP contribution in [0.2, 0.25) is 0 Å². The average Bonchev–Trinajstić information content (AvgIpc) is 2.36. The van der Waals surface area contributed by atoms with Crippen LogP contribution in [0.4, 0.5) is 0 Å². The molecule has 4 nitrogen and oxygen atoms in total. The van der Waals surface area contributed by atoms with Gasteiger partial charge < -0.3 is 5.73 Å². The summed E-state index contributed by atoms with van der Waals surface area (Å²) in [5.41, 5.74) is 7.84. The first kappa shape index (κ1) is 14.0. The molecule has 0 radical (unpaired) electrons. The molecule has 0 saturated carbocycles. The lowest BCUT2D eigenvalue weighted by atomic mass is 9.93. The Balaban J connectivity index is 2.63. The van der Waals surface area contributed by atoms with Crippen LogP contribution in [0.15, 0.2) is 36.5 Å². The smallest absolute Gasteiger partial charge is 0.154 e. The van der Waals surface area contributed by atoms with E-state index >= 15 is 0 Å². The predicted molar refractivity (Wildman–Crippen MR) is 77.6 cm³/mol. The van der Waals surface area contributed by atoms with E-state index in [0.29, 0.717) is 0 Å². The van der Waals surface area contributed by atoms with Crippen LogP contribution in [-0.2, 0) is 9.84 Å². The molecule has 0 bridgehead atoms. The molecular formula is C14H18N2O2S. The van der Waals surface area contributed by atoms with E-state index in [-0.39, 0.29) is 0 Å². The van der Waals surface area contributed by atoms with Crippen LogP contribution in [0, 0.1) is 0 Å². The molecule has 0 aliphatic carbocycles. The summed E-state index contributed by atoms with van der Waals surface area (Å²) < 4.78 is 22.8. The molecule has 2 N–H and O–H groups in total. The van der Waals surface area contributed by atoms with Crippen molar-refractivity contribution in [2.45, 2.75) is 24.6 Å². The summed E-state index contributed by atoms with van der Waals surface area (Å²) in [6.45, 7) is 3.31. The first-order valence-electron chi connectivity index (χ1n) is 6.04. The van der Waals surface area contributed by atoms with Crippen molar-refractivity contribution in [1.29, 1.82) is 0 Å². The Morgan fingerprint density at radius 1 is 1.21 bits per heavy atom. The van der Waals surface area contributed by atoms with E-state index in [1.165, 1.54) is 6.26 Å². The van der Waals surface area contributed by atoms with Crippen LogP contribution in [0.25, 0.3) is 10.9 Å². The van der Waals surface area contributed by atoms with Gasteiger partial charge in [0, 0.05) is 23.9 Å². The summed E-state index contributed by atoms with van der Waals surface area (Å²) in [5.74, 6) is 0. The molecule has 1 aromatic carbocycles. The van der Waals surface area contributed by atoms with Gasteiger partial charge in [0.2, 0.25) is 0 Å². The van der Waals surface area contributed by atoms with Gasteiger partial charge in [-0.1, -0.05) is 18.2 Å². The maximum atomic E-state index is 11.9. The van der Waals surface area contributed by atoms with E-state index < -0.39 is 20.6 Å². The number of rotatable bonds is 3. The molecule has 2 aromatic rings. The van der Waals surface area contributed by atoms with Crippen LogP contribution < -0.4 is 5.73 Å². The van der Waals surface area contributed by atoms with Gasteiger partial charge in [-0.2, -0.15) is 0 Å². The highest BCUT2D eigenvalue weighted by molar-refractivity contribution is 7.92. The highest BCUT2D eigenvalue weighted by atomic mass is 32.2. The number of nitrogens with zero attached hydrogens (tertiary/aromatic N) is 1. The predicted octanol–water partition coefficient (Wildman–Crippen LogP) is 2.06. The first-order chi connectivity index (χ1) is 8.75. The summed E-state index contributed by atoms with van der Waals surface area (Å²) in [4.78, 5) is 4.26. The van der Waals surface area contributed by atoms with E-state index in [9.17, 15) is 8.42 Å². The quantitative estimate of drug-likeness (QED) is 0.932. The van der Waals surface area contributed by atoms with Crippen molar-refractivity contribution in [3.8, 4) is 0 Å². The SMILES string of the molecule is CC(C)(C(N)c1cccc2ncccc12)S(C)(=O)=O. The fourth-order valence-corrected chi connectivity index (χ4v) is 2.59. The normalized spacial score (nSPS) is 14.5. The van der Waals surface area contributed by atoms with Crippen LogP contribution in [0.1, 0.15) is 25.5 Å². The molecule has 1 heterocycles. The average molecular weight is 278 g/mol. The van der Waals surface area contributed by atoms with Crippen LogP contribution in [0.3, 0.4) is 0 Å². The topological polar surface area (TPSA) is 73.0 Å². The van der Waals surface area contributed by atoms with Crippen molar-refractivity contribution >= 4 is 20.7 Å². The molecule has 0 amide bonds. The van der Waals surface area contributed by atoms with Crippen molar-refractivity contribution in [3.63, 3.8) is 0 Å². The second kappa shape index (κ2) is 4.58. The Morgan fingerprint density at radius 3 is 2.53 bits per heavy atom. The van der Waals surface area contributed by atoms with Gasteiger partial charge in [-0.3, -0.25) is 4.98 Å². The van der Waals surface area contributed by atoms with Gasteiger partial charge in [0.1, 0.15) is 0 Å². The fourth-order valence-electron chi connectivity index (χ4n) is 2.00. The Morgan fingerprint density at radius 2 is 1.89 bits per heavy atom. The van der Waals surface area contributed by atoms with Crippen LogP contribution in [-0.4, -0.2) is 24.4 Å². The van der Waals surface area contributed by atoms with Gasteiger partial charge in [0.25, 0.3) is 0 Å². The van der Waals surface area contributed by atoms with E-state index in [2.05, 4.69) is 4.98 Å². The number of sulfone groups is 1. The van der Waals surface area contributed by atoms with Crippen molar-refractivity contribution in [2.75, 3.05) is 6.26 Å². The minimum atomic E-state index is -3.26. The second-order valence-electron chi connectivity index (χ2n) is 5.27. The highest BCUT2D eigenvalue weighted by Crippen LogP contribution is 2.33. The monoisotopic (exact) mass is 278 g/mol. The summed E-state index contributed by atoms with van der Waals surface area (Å²) in [6.07, 6.45) is 2.93. The van der Waals surface area contributed by atoms with Gasteiger partial charge in [-0.15, -0.1) is 0 Å². The molecule has 1 aromatic heterocycles. The minimum Gasteiger partial charge on any atom is -0.323 e. The van der Waals surface area contributed by atoms with Gasteiger partial charge in [-0.25, -0.2) is 8.42 Å². The van der Waals surface area contributed by atoms with Crippen LogP contribution in [0.5, 0.6) is 0 Å². The van der Waals surface area contributed by atoms with Gasteiger partial charge in [-0.05, 0) is 31.5 Å². The maximum absolute atomic E-state index is 11.9. The molecule has 0 saturated heterocycles. The fraction of sp³-hybridized carbons (Fsp3) is 0.357. The lowest BCUT2D eigenvalue weighted by Gasteiger charge is -2.30.